The molecule has 0 aliphatic rings. The van der Waals surface area contributed by atoms with Crippen LogP contribution < -0.4 is 10.6 Å². The number of carbonyl (C=O) groups is 1. The normalized spacial score (nSPS) is 10.0. The average molecular weight is 257 g/mol. The van der Waals surface area contributed by atoms with Crippen LogP contribution in [0.4, 0.5) is 10.1 Å². The zero-order valence-electron chi connectivity index (χ0n) is 9.30. The predicted molar refractivity (Wildman–Crippen MR) is 67.7 cm³/mol. The first-order valence-electron chi connectivity index (χ1n) is 5.20. The van der Waals surface area contributed by atoms with E-state index < -0.39 is 5.82 Å². The van der Waals surface area contributed by atoms with Crippen LogP contribution in [0.3, 0.4) is 0 Å². The summed E-state index contributed by atoms with van der Waals surface area (Å²) in [7, 11) is 0. The van der Waals surface area contributed by atoms with Gasteiger partial charge in [-0.05, 0) is 18.2 Å². The highest BCUT2D eigenvalue weighted by Crippen LogP contribution is 2.19. The lowest BCUT2D eigenvalue weighted by atomic mass is 10.3. The molecule has 5 heteroatoms. The molecule has 0 aliphatic carbocycles. The lowest BCUT2D eigenvalue weighted by Crippen LogP contribution is -2.21. The summed E-state index contributed by atoms with van der Waals surface area (Å²) in [5.74, 6) is -0.651. The Balaban J connectivity index is 2.39. The van der Waals surface area contributed by atoms with Crippen LogP contribution in [0.25, 0.3) is 0 Å². The molecule has 0 unspecified atom stereocenters. The minimum atomic E-state index is -0.502. The monoisotopic (exact) mass is 256 g/mol. The maximum atomic E-state index is 12.9. The first-order valence-corrected chi connectivity index (χ1v) is 5.58. The molecule has 1 aromatic rings. The van der Waals surface area contributed by atoms with Crippen molar-refractivity contribution in [1.82, 2.24) is 5.32 Å². The molecule has 0 aromatic heterocycles. The lowest BCUT2D eigenvalue weighted by Gasteiger charge is -2.06. The first kappa shape index (κ1) is 13.7. The van der Waals surface area contributed by atoms with Crippen molar-refractivity contribution < 1.29 is 9.18 Å². The second-order valence-corrected chi connectivity index (χ2v) is 3.83. The third kappa shape index (κ3) is 4.97. The fourth-order valence-electron chi connectivity index (χ4n) is 1.20. The SMILES string of the molecule is C=CCNCCC(=O)Nc1ccc(F)c(Cl)c1. The Morgan fingerprint density at radius 1 is 1.53 bits per heavy atom. The maximum absolute atomic E-state index is 12.9. The molecular weight excluding hydrogens is 243 g/mol. The summed E-state index contributed by atoms with van der Waals surface area (Å²) >= 11 is 5.59. The van der Waals surface area contributed by atoms with Crippen molar-refractivity contribution in [3.05, 3.63) is 41.7 Å². The molecular formula is C12H14ClFN2O. The number of rotatable bonds is 6. The first-order chi connectivity index (χ1) is 8.13. The number of hydrogen-bond donors (Lipinski definition) is 2. The quantitative estimate of drug-likeness (QED) is 0.607. The molecule has 0 heterocycles. The minimum absolute atomic E-state index is 0.00687. The van der Waals surface area contributed by atoms with E-state index in [0.29, 0.717) is 25.2 Å². The van der Waals surface area contributed by atoms with Crippen LogP contribution >= 0.6 is 11.6 Å². The van der Waals surface area contributed by atoms with Crippen LogP contribution in [0.1, 0.15) is 6.42 Å². The highest BCUT2D eigenvalue weighted by molar-refractivity contribution is 6.31. The van der Waals surface area contributed by atoms with Crippen molar-refractivity contribution in [2.75, 3.05) is 18.4 Å². The number of benzene rings is 1. The summed E-state index contributed by atoms with van der Waals surface area (Å²) < 4.78 is 12.9. The van der Waals surface area contributed by atoms with E-state index in [2.05, 4.69) is 17.2 Å². The largest absolute Gasteiger partial charge is 0.326 e. The molecule has 3 nitrogen and oxygen atoms in total. The van der Waals surface area contributed by atoms with Crippen LogP contribution in [-0.2, 0) is 4.79 Å². The van der Waals surface area contributed by atoms with Gasteiger partial charge in [-0.2, -0.15) is 0 Å². The summed E-state index contributed by atoms with van der Waals surface area (Å²) in [6, 6.07) is 4.07. The van der Waals surface area contributed by atoms with Crippen LogP contribution in [-0.4, -0.2) is 19.0 Å². The number of amides is 1. The van der Waals surface area contributed by atoms with E-state index in [0.717, 1.165) is 0 Å². The second kappa shape index (κ2) is 7.04. The Morgan fingerprint density at radius 2 is 2.29 bits per heavy atom. The van der Waals surface area contributed by atoms with Gasteiger partial charge in [0.2, 0.25) is 5.91 Å². The van der Waals surface area contributed by atoms with E-state index in [1.165, 1.54) is 18.2 Å². The third-order valence-electron chi connectivity index (χ3n) is 2.02. The van der Waals surface area contributed by atoms with E-state index in [9.17, 15) is 9.18 Å². The maximum Gasteiger partial charge on any atom is 0.225 e. The molecule has 2 N–H and O–H groups in total. The second-order valence-electron chi connectivity index (χ2n) is 3.42. The van der Waals surface area contributed by atoms with Gasteiger partial charge in [0.25, 0.3) is 0 Å². The molecule has 0 fully saturated rings. The Bertz CT molecular complexity index is 409. The fraction of sp³-hybridized carbons (Fsp3) is 0.250. The van der Waals surface area contributed by atoms with Crippen LogP contribution in [0.2, 0.25) is 5.02 Å². The van der Waals surface area contributed by atoms with E-state index in [-0.39, 0.29) is 10.9 Å². The van der Waals surface area contributed by atoms with Gasteiger partial charge in [0, 0.05) is 25.2 Å². The van der Waals surface area contributed by atoms with Crippen LogP contribution in [0.15, 0.2) is 30.9 Å². The van der Waals surface area contributed by atoms with Gasteiger partial charge in [0.05, 0.1) is 5.02 Å². The van der Waals surface area contributed by atoms with E-state index in [4.69, 9.17) is 11.6 Å². The average Bonchev–Trinajstić information content (AvgIpc) is 2.30. The molecule has 17 heavy (non-hydrogen) atoms. The third-order valence-corrected chi connectivity index (χ3v) is 2.31. The molecule has 0 saturated carbocycles. The standard InChI is InChI=1S/C12H14ClFN2O/c1-2-6-15-7-5-12(17)16-9-3-4-11(14)10(13)8-9/h2-4,8,15H,1,5-7H2,(H,16,17). The number of carbonyl (C=O) groups excluding carboxylic acids is 1. The molecule has 0 aliphatic heterocycles. The molecule has 0 bridgehead atoms. The lowest BCUT2D eigenvalue weighted by molar-refractivity contribution is -0.116. The summed E-state index contributed by atoms with van der Waals surface area (Å²) in [4.78, 5) is 11.5. The van der Waals surface area contributed by atoms with Gasteiger partial charge < -0.3 is 10.6 Å². The van der Waals surface area contributed by atoms with Gasteiger partial charge in [-0.1, -0.05) is 17.7 Å². The molecule has 0 radical (unpaired) electrons. The van der Waals surface area contributed by atoms with Crippen molar-refractivity contribution in [2.45, 2.75) is 6.42 Å². The summed E-state index contributed by atoms with van der Waals surface area (Å²) in [5.41, 5.74) is 0.491. The zero-order valence-corrected chi connectivity index (χ0v) is 10.1. The van der Waals surface area contributed by atoms with Gasteiger partial charge in [0.15, 0.2) is 0 Å². The van der Waals surface area contributed by atoms with E-state index in [1.54, 1.807) is 6.08 Å². The Hall–Kier alpha value is -1.39. The minimum Gasteiger partial charge on any atom is -0.326 e. The number of halogens is 2. The van der Waals surface area contributed by atoms with E-state index in [1.807, 2.05) is 0 Å². The van der Waals surface area contributed by atoms with Gasteiger partial charge in [-0.15, -0.1) is 6.58 Å². The van der Waals surface area contributed by atoms with Crippen molar-refractivity contribution >= 4 is 23.2 Å². The summed E-state index contributed by atoms with van der Waals surface area (Å²) in [5, 5.41) is 5.63. The zero-order chi connectivity index (χ0) is 12.7. The molecule has 0 saturated heterocycles. The number of hydrogen-bond acceptors (Lipinski definition) is 2. The Kier molecular flexibility index (Phi) is 5.66. The van der Waals surface area contributed by atoms with Gasteiger partial charge in [-0.3, -0.25) is 4.79 Å². The molecule has 0 atom stereocenters. The Morgan fingerprint density at radius 3 is 2.94 bits per heavy atom. The van der Waals surface area contributed by atoms with Gasteiger partial charge >= 0.3 is 0 Å². The van der Waals surface area contributed by atoms with Crippen molar-refractivity contribution in [2.24, 2.45) is 0 Å². The summed E-state index contributed by atoms with van der Waals surface area (Å²) in [6.07, 6.45) is 2.06. The van der Waals surface area contributed by atoms with Crippen molar-refractivity contribution in [1.29, 1.82) is 0 Å². The molecule has 0 spiro atoms. The highest BCUT2D eigenvalue weighted by Gasteiger charge is 2.04. The van der Waals surface area contributed by atoms with Crippen molar-refractivity contribution in [3.63, 3.8) is 0 Å². The summed E-state index contributed by atoms with van der Waals surface area (Å²) in [6.45, 7) is 4.77. The van der Waals surface area contributed by atoms with Crippen molar-refractivity contribution in [3.8, 4) is 0 Å². The molecule has 1 rings (SSSR count). The number of anilines is 1. The fourth-order valence-corrected chi connectivity index (χ4v) is 1.38. The Labute approximate surface area is 105 Å². The van der Waals surface area contributed by atoms with E-state index >= 15 is 0 Å². The smallest absolute Gasteiger partial charge is 0.225 e. The van der Waals surface area contributed by atoms with Gasteiger partial charge in [0.1, 0.15) is 5.82 Å². The molecule has 1 amide bonds. The van der Waals surface area contributed by atoms with Crippen LogP contribution in [0, 0.1) is 5.82 Å². The van der Waals surface area contributed by atoms with Crippen LogP contribution in [0.5, 0.6) is 0 Å². The molecule has 1 aromatic carbocycles. The highest BCUT2D eigenvalue weighted by atomic mass is 35.5. The van der Waals surface area contributed by atoms with Gasteiger partial charge in [-0.25, -0.2) is 4.39 Å². The number of nitrogens with one attached hydrogen (secondary N) is 2. The molecule has 92 valence electrons. The predicted octanol–water partition coefficient (Wildman–Crippen LogP) is 2.58. The topological polar surface area (TPSA) is 41.1 Å².